The van der Waals surface area contributed by atoms with Crippen molar-refractivity contribution in [1.29, 1.82) is 0 Å². The smallest absolute Gasteiger partial charge is 0.0125 e. The van der Waals surface area contributed by atoms with Crippen LogP contribution in [0.15, 0.2) is 36.4 Å². The summed E-state index contributed by atoms with van der Waals surface area (Å²) in [5, 5.41) is 0. The SMILES string of the molecule is Cc1ccc(-c2c(C)cc(CCC3CCC(C4CCC(C)CC4)CC3)cc2C)cc1. The molecule has 0 bridgehead atoms. The molecule has 0 spiro atoms. The molecule has 162 valence electrons. The van der Waals surface area contributed by atoms with Crippen molar-refractivity contribution >= 4 is 0 Å². The first-order chi connectivity index (χ1) is 14.5. The lowest BCUT2D eigenvalue weighted by Crippen LogP contribution is -2.25. The second kappa shape index (κ2) is 9.71. The molecule has 30 heavy (non-hydrogen) atoms. The largest absolute Gasteiger partial charge is 0.0625 e. The summed E-state index contributed by atoms with van der Waals surface area (Å²) in [6.45, 7) is 9.20. The highest BCUT2D eigenvalue weighted by atomic mass is 14.3. The summed E-state index contributed by atoms with van der Waals surface area (Å²) < 4.78 is 0. The number of benzene rings is 2. The van der Waals surface area contributed by atoms with Crippen LogP contribution in [-0.2, 0) is 6.42 Å². The minimum Gasteiger partial charge on any atom is -0.0625 e. The second-order valence-corrected chi connectivity index (χ2v) is 10.8. The molecule has 2 aliphatic carbocycles. The number of hydrogen-bond donors (Lipinski definition) is 0. The third-order valence-electron chi connectivity index (χ3n) is 8.39. The second-order valence-electron chi connectivity index (χ2n) is 10.8. The third kappa shape index (κ3) is 5.19. The van der Waals surface area contributed by atoms with Crippen LogP contribution in [0.25, 0.3) is 11.1 Å². The predicted molar refractivity (Wildman–Crippen MR) is 131 cm³/mol. The molecule has 0 heterocycles. The average molecular weight is 403 g/mol. The highest BCUT2D eigenvalue weighted by Crippen LogP contribution is 2.42. The van der Waals surface area contributed by atoms with Gasteiger partial charge in [0.2, 0.25) is 0 Å². The summed E-state index contributed by atoms with van der Waals surface area (Å²) in [7, 11) is 0. The van der Waals surface area contributed by atoms with Crippen molar-refractivity contribution in [2.75, 3.05) is 0 Å². The van der Waals surface area contributed by atoms with E-state index in [1.54, 1.807) is 5.56 Å². The summed E-state index contributed by atoms with van der Waals surface area (Å²) in [6, 6.07) is 13.9. The first kappa shape index (κ1) is 21.7. The van der Waals surface area contributed by atoms with Crippen molar-refractivity contribution in [2.45, 2.75) is 91.9 Å². The van der Waals surface area contributed by atoms with Crippen LogP contribution < -0.4 is 0 Å². The van der Waals surface area contributed by atoms with Crippen LogP contribution in [-0.4, -0.2) is 0 Å². The standard InChI is InChI=1S/C30H42/c1-21-5-13-27(14-6-21)28-17-11-25(12-18-28)9-10-26-19-23(3)30(24(4)20-26)29-15-7-22(2)8-16-29/h7-8,15-16,19-21,25,27-28H,5-6,9-14,17-18H2,1-4H3. The van der Waals surface area contributed by atoms with Crippen molar-refractivity contribution in [2.24, 2.45) is 23.7 Å². The van der Waals surface area contributed by atoms with Crippen LogP contribution in [0.2, 0.25) is 0 Å². The van der Waals surface area contributed by atoms with Gasteiger partial charge < -0.3 is 0 Å². The van der Waals surface area contributed by atoms with Crippen molar-refractivity contribution < 1.29 is 0 Å². The van der Waals surface area contributed by atoms with E-state index in [2.05, 4.69) is 64.1 Å². The zero-order chi connectivity index (χ0) is 21.1. The van der Waals surface area contributed by atoms with E-state index in [0.29, 0.717) is 0 Å². The van der Waals surface area contributed by atoms with Crippen LogP contribution in [0.1, 0.15) is 87.0 Å². The van der Waals surface area contributed by atoms with Crippen LogP contribution in [0, 0.1) is 44.4 Å². The van der Waals surface area contributed by atoms with Gasteiger partial charge in [0, 0.05) is 0 Å². The first-order valence-electron chi connectivity index (χ1n) is 12.7. The predicted octanol–water partition coefficient (Wildman–Crippen LogP) is 8.84. The van der Waals surface area contributed by atoms with Crippen LogP contribution >= 0.6 is 0 Å². The molecular formula is C30H42. The van der Waals surface area contributed by atoms with Crippen molar-refractivity contribution in [3.8, 4) is 11.1 Å². The maximum Gasteiger partial charge on any atom is -0.0125 e. The van der Waals surface area contributed by atoms with Crippen molar-refractivity contribution in [3.05, 3.63) is 58.7 Å². The lowest BCUT2D eigenvalue weighted by molar-refractivity contribution is 0.148. The van der Waals surface area contributed by atoms with Gasteiger partial charge in [0.25, 0.3) is 0 Å². The number of hydrogen-bond acceptors (Lipinski definition) is 0. The lowest BCUT2D eigenvalue weighted by atomic mass is 9.69. The zero-order valence-corrected chi connectivity index (χ0v) is 19.8. The molecule has 2 fully saturated rings. The van der Waals surface area contributed by atoms with E-state index in [1.807, 2.05) is 0 Å². The van der Waals surface area contributed by atoms with Crippen molar-refractivity contribution in [1.82, 2.24) is 0 Å². The number of aryl methyl sites for hydroxylation is 4. The molecule has 0 nitrogen and oxygen atoms in total. The monoisotopic (exact) mass is 402 g/mol. The maximum absolute atomic E-state index is 2.46. The van der Waals surface area contributed by atoms with Gasteiger partial charge >= 0.3 is 0 Å². The Morgan fingerprint density at radius 1 is 0.700 bits per heavy atom. The Morgan fingerprint density at radius 3 is 1.80 bits per heavy atom. The van der Waals surface area contributed by atoms with Gasteiger partial charge in [-0.25, -0.2) is 0 Å². The molecule has 0 amide bonds. The Kier molecular flexibility index (Phi) is 7.01. The van der Waals surface area contributed by atoms with E-state index in [-0.39, 0.29) is 0 Å². The molecule has 0 aromatic heterocycles. The van der Waals surface area contributed by atoms with Gasteiger partial charge in [-0.2, -0.15) is 0 Å². The molecular weight excluding hydrogens is 360 g/mol. The molecule has 4 rings (SSSR count). The Bertz CT molecular complexity index is 789. The van der Waals surface area contributed by atoms with E-state index in [9.17, 15) is 0 Å². The minimum absolute atomic E-state index is 0.959. The van der Waals surface area contributed by atoms with Crippen LogP contribution in [0.4, 0.5) is 0 Å². The quantitative estimate of drug-likeness (QED) is 0.468. The summed E-state index contributed by atoms with van der Waals surface area (Å²) in [4.78, 5) is 0. The summed E-state index contributed by atoms with van der Waals surface area (Å²) in [5.74, 6) is 4.05. The Labute approximate surface area is 185 Å². The molecule has 0 aliphatic heterocycles. The normalized spacial score (nSPS) is 27.2. The van der Waals surface area contributed by atoms with Gasteiger partial charge in [-0.15, -0.1) is 0 Å². The van der Waals surface area contributed by atoms with E-state index in [0.717, 1.165) is 23.7 Å². The number of rotatable bonds is 5. The van der Waals surface area contributed by atoms with Crippen LogP contribution in [0.5, 0.6) is 0 Å². The fourth-order valence-electron chi connectivity index (χ4n) is 6.45. The lowest BCUT2D eigenvalue weighted by Gasteiger charge is -2.37. The van der Waals surface area contributed by atoms with Gasteiger partial charge in [-0.05, 0) is 111 Å². The van der Waals surface area contributed by atoms with E-state index in [1.165, 1.54) is 92.0 Å². The Balaban J connectivity index is 1.31. The summed E-state index contributed by atoms with van der Waals surface area (Å²) in [6.07, 6.45) is 14.6. The Morgan fingerprint density at radius 2 is 1.23 bits per heavy atom. The topological polar surface area (TPSA) is 0 Å². The molecule has 2 aliphatic rings. The molecule has 0 saturated heterocycles. The molecule has 0 heteroatoms. The zero-order valence-electron chi connectivity index (χ0n) is 19.8. The minimum atomic E-state index is 0.959. The molecule has 0 N–H and O–H groups in total. The molecule has 0 radical (unpaired) electrons. The van der Waals surface area contributed by atoms with E-state index < -0.39 is 0 Å². The van der Waals surface area contributed by atoms with Crippen LogP contribution in [0.3, 0.4) is 0 Å². The van der Waals surface area contributed by atoms with Gasteiger partial charge in [0.15, 0.2) is 0 Å². The molecule has 0 unspecified atom stereocenters. The summed E-state index contributed by atoms with van der Waals surface area (Å²) >= 11 is 0. The van der Waals surface area contributed by atoms with E-state index in [4.69, 9.17) is 0 Å². The highest BCUT2D eigenvalue weighted by Gasteiger charge is 2.29. The molecule has 2 aromatic rings. The van der Waals surface area contributed by atoms with Crippen molar-refractivity contribution in [3.63, 3.8) is 0 Å². The first-order valence-corrected chi connectivity index (χ1v) is 12.7. The van der Waals surface area contributed by atoms with Gasteiger partial charge in [0.05, 0.1) is 0 Å². The van der Waals surface area contributed by atoms with Gasteiger partial charge in [-0.3, -0.25) is 0 Å². The fraction of sp³-hybridized carbons (Fsp3) is 0.600. The van der Waals surface area contributed by atoms with Gasteiger partial charge in [0.1, 0.15) is 0 Å². The third-order valence-corrected chi connectivity index (χ3v) is 8.39. The average Bonchev–Trinajstić information content (AvgIpc) is 2.74. The molecule has 2 saturated carbocycles. The fourth-order valence-corrected chi connectivity index (χ4v) is 6.45. The van der Waals surface area contributed by atoms with Gasteiger partial charge in [-0.1, -0.05) is 74.6 Å². The van der Waals surface area contributed by atoms with E-state index >= 15 is 0 Å². The summed E-state index contributed by atoms with van der Waals surface area (Å²) in [5.41, 5.74) is 8.54. The highest BCUT2D eigenvalue weighted by molar-refractivity contribution is 5.71. The Hall–Kier alpha value is -1.56. The molecule has 0 atom stereocenters. The maximum atomic E-state index is 2.46. The molecule has 2 aromatic carbocycles.